The van der Waals surface area contributed by atoms with Crippen molar-refractivity contribution in [3.05, 3.63) is 65.7 Å². The fourth-order valence-corrected chi connectivity index (χ4v) is 2.39. The van der Waals surface area contributed by atoms with Crippen molar-refractivity contribution in [2.24, 2.45) is 0 Å². The summed E-state index contributed by atoms with van der Waals surface area (Å²) in [6, 6.07) is 17.3. The Labute approximate surface area is 135 Å². The Hall–Kier alpha value is -2.21. The molecule has 120 valence electrons. The first-order chi connectivity index (χ1) is 11.3. The number of carbonyl (C=O) groups excluding carboxylic acids is 1. The van der Waals surface area contributed by atoms with E-state index in [1.807, 2.05) is 42.5 Å². The summed E-state index contributed by atoms with van der Waals surface area (Å²) in [6.45, 7) is 0.889. The highest BCUT2D eigenvalue weighted by atomic mass is 17.3. The highest BCUT2D eigenvalue weighted by Gasteiger charge is 2.19. The van der Waals surface area contributed by atoms with Crippen LogP contribution in [0.3, 0.4) is 0 Å². The first-order valence-corrected chi connectivity index (χ1v) is 7.67. The second-order valence-corrected chi connectivity index (χ2v) is 5.37. The molecule has 1 atom stereocenters. The zero-order valence-corrected chi connectivity index (χ0v) is 12.7. The summed E-state index contributed by atoms with van der Waals surface area (Å²) in [5.41, 5.74) is 4.38. The summed E-state index contributed by atoms with van der Waals surface area (Å²) < 4.78 is 5.73. The molecule has 0 amide bonds. The zero-order valence-electron chi connectivity index (χ0n) is 12.7. The third kappa shape index (κ3) is 4.39. The molecule has 2 aromatic carbocycles. The summed E-state index contributed by atoms with van der Waals surface area (Å²) in [4.78, 5) is 22.1. The van der Waals surface area contributed by atoms with Gasteiger partial charge < -0.3 is 4.74 Å². The molecule has 0 bridgehead atoms. The van der Waals surface area contributed by atoms with Gasteiger partial charge in [-0.25, -0.2) is 4.89 Å². The maximum Gasteiger partial charge on any atom is 0.166 e. The molecule has 0 spiro atoms. The van der Waals surface area contributed by atoms with Crippen LogP contribution in [0.25, 0.3) is 0 Å². The molecule has 0 radical (unpaired) electrons. The van der Waals surface area contributed by atoms with Crippen molar-refractivity contribution in [3.63, 3.8) is 0 Å². The number of nitrogens with one attached hydrogen (secondary N) is 1. The number of Topliss-reactive ketones (excluding diaryl/α,β-unsaturated/α-hetero) is 1. The molecular weight excluding hydrogens is 294 g/mol. The van der Waals surface area contributed by atoms with Crippen LogP contribution in [0.5, 0.6) is 5.75 Å². The number of aryl methyl sites for hydroxylation is 1. The minimum absolute atomic E-state index is 0.0752. The number of para-hydroxylation sites is 1. The van der Waals surface area contributed by atoms with Gasteiger partial charge in [0.15, 0.2) is 5.78 Å². The number of benzene rings is 2. The number of rotatable bonds is 7. The SMILES string of the molecule is O=C(CCc1ccccc1)c1ccccc1OCC1CNOO1. The molecule has 3 rings (SSSR count). The molecule has 1 aliphatic heterocycles. The van der Waals surface area contributed by atoms with E-state index in [9.17, 15) is 4.79 Å². The minimum atomic E-state index is -0.178. The molecule has 1 aliphatic rings. The second-order valence-electron chi connectivity index (χ2n) is 5.37. The third-order valence-electron chi connectivity index (χ3n) is 3.65. The predicted molar refractivity (Wildman–Crippen MR) is 85.0 cm³/mol. The topological polar surface area (TPSA) is 56.8 Å². The largest absolute Gasteiger partial charge is 0.490 e. The molecule has 2 aromatic rings. The van der Waals surface area contributed by atoms with Crippen molar-refractivity contribution in [3.8, 4) is 5.75 Å². The molecule has 1 unspecified atom stereocenters. The molecule has 5 nitrogen and oxygen atoms in total. The van der Waals surface area contributed by atoms with E-state index in [2.05, 4.69) is 10.5 Å². The van der Waals surface area contributed by atoms with Gasteiger partial charge in [0.05, 0.1) is 12.1 Å². The number of carbonyl (C=O) groups is 1. The van der Waals surface area contributed by atoms with Crippen molar-refractivity contribution in [2.75, 3.05) is 13.2 Å². The van der Waals surface area contributed by atoms with Gasteiger partial charge in [-0.1, -0.05) is 42.5 Å². The lowest BCUT2D eigenvalue weighted by molar-refractivity contribution is -0.309. The van der Waals surface area contributed by atoms with Crippen LogP contribution < -0.4 is 10.2 Å². The summed E-state index contributed by atoms with van der Waals surface area (Å²) in [6.07, 6.45) is 0.995. The lowest BCUT2D eigenvalue weighted by Crippen LogP contribution is -2.22. The highest BCUT2D eigenvalue weighted by Crippen LogP contribution is 2.21. The Balaban J connectivity index is 1.60. The molecule has 1 N–H and O–H groups in total. The summed E-state index contributed by atoms with van der Waals surface area (Å²) in [7, 11) is 0. The zero-order chi connectivity index (χ0) is 15.9. The Morgan fingerprint density at radius 3 is 2.70 bits per heavy atom. The van der Waals surface area contributed by atoms with E-state index in [1.54, 1.807) is 12.1 Å². The van der Waals surface area contributed by atoms with Gasteiger partial charge in [0, 0.05) is 6.42 Å². The van der Waals surface area contributed by atoms with Crippen molar-refractivity contribution >= 4 is 5.78 Å². The van der Waals surface area contributed by atoms with E-state index >= 15 is 0 Å². The number of ketones is 1. The second kappa shape index (κ2) is 7.87. The molecule has 1 fully saturated rings. The van der Waals surface area contributed by atoms with Crippen LogP contribution >= 0.6 is 0 Å². The van der Waals surface area contributed by atoms with E-state index in [0.717, 1.165) is 12.0 Å². The standard InChI is InChI=1S/C18H19NO4/c20-17(11-10-14-6-2-1-3-7-14)16-8-4-5-9-18(16)21-13-15-12-19-23-22-15/h1-9,15,19H,10-13H2. The van der Waals surface area contributed by atoms with Crippen molar-refractivity contribution in [2.45, 2.75) is 18.9 Å². The van der Waals surface area contributed by atoms with Crippen LogP contribution in [0.1, 0.15) is 22.3 Å². The highest BCUT2D eigenvalue weighted by molar-refractivity contribution is 5.98. The quantitative estimate of drug-likeness (QED) is 0.629. The predicted octanol–water partition coefficient (Wildman–Crippen LogP) is 2.72. The summed E-state index contributed by atoms with van der Waals surface area (Å²) >= 11 is 0. The van der Waals surface area contributed by atoms with Gasteiger partial charge in [0.2, 0.25) is 0 Å². The molecule has 5 heteroatoms. The molecule has 0 saturated carbocycles. The van der Waals surface area contributed by atoms with Crippen LogP contribution in [-0.4, -0.2) is 25.0 Å². The first-order valence-electron chi connectivity index (χ1n) is 7.67. The number of ether oxygens (including phenoxy) is 1. The molecule has 0 aliphatic carbocycles. The van der Waals surface area contributed by atoms with Gasteiger partial charge in [-0.2, -0.15) is 5.48 Å². The Kier molecular flexibility index (Phi) is 5.37. The fourth-order valence-electron chi connectivity index (χ4n) is 2.39. The van der Waals surface area contributed by atoms with Gasteiger partial charge >= 0.3 is 0 Å². The van der Waals surface area contributed by atoms with E-state index in [-0.39, 0.29) is 11.9 Å². The monoisotopic (exact) mass is 313 g/mol. The van der Waals surface area contributed by atoms with E-state index in [4.69, 9.17) is 9.62 Å². The summed E-state index contributed by atoms with van der Waals surface area (Å²) in [5, 5.41) is 0. The van der Waals surface area contributed by atoms with Crippen molar-refractivity contribution in [1.29, 1.82) is 0 Å². The average molecular weight is 313 g/mol. The van der Waals surface area contributed by atoms with Gasteiger partial charge in [-0.15, -0.1) is 4.99 Å². The van der Waals surface area contributed by atoms with Gasteiger partial charge in [-0.05, 0) is 24.1 Å². The Bertz CT molecular complexity index is 638. The first kappa shape index (κ1) is 15.7. The Morgan fingerprint density at radius 2 is 1.91 bits per heavy atom. The molecule has 1 heterocycles. The van der Waals surface area contributed by atoms with Gasteiger partial charge in [-0.3, -0.25) is 4.79 Å². The fraction of sp³-hybridized carbons (Fsp3) is 0.278. The molecule has 23 heavy (non-hydrogen) atoms. The van der Waals surface area contributed by atoms with Gasteiger partial charge in [0.1, 0.15) is 18.5 Å². The van der Waals surface area contributed by atoms with Crippen molar-refractivity contribution < 1.29 is 19.4 Å². The normalized spacial score (nSPS) is 17.1. The molecule has 0 aromatic heterocycles. The molecular formula is C18H19NO4. The van der Waals surface area contributed by atoms with Crippen LogP contribution in [0, 0.1) is 0 Å². The van der Waals surface area contributed by atoms with Gasteiger partial charge in [0.25, 0.3) is 0 Å². The lowest BCUT2D eigenvalue weighted by Gasteiger charge is -2.12. The number of hydrogen-bond acceptors (Lipinski definition) is 5. The van der Waals surface area contributed by atoms with Crippen LogP contribution in [0.15, 0.2) is 54.6 Å². The van der Waals surface area contributed by atoms with E-state index in [1.165, 1.54) is 0 Å². The summed E-state index contributed by atoms with van der Waals surface area (Å²) in [5.74, 6) is 0.659. The average Bonchev–Trinajstić information content (AvgIpc) is 3.12. The van der Waals surface area contributed by atoms with Crippen LogP contribution in [0.4, 0.5) is 0 Å². The Morgan fingerprint density at radius 1 is 1.13 bits per heavy atom. The number of hydrogen-bond donors (Lipinski definition) is 1. The smallest absolute Gasteiger partial charge is 0.166 e. The maximum atomic E-state index is 12.5. The van der Waals surface area contributed by atoms with Crippen molar-refractivity contribution in [1.82, 2.24) is 5.48 Å². The minimum Gasteiger partial charge on any atom is -0.490 e. The maximum absolute atomic E-state index is 12.5. The lowest BCUT2D eigenvalue weighted by atomic mass is 10.0. The van der Waals surface area contributed by atoms with E-state index in [0.29, 0.717) is 30.9 Å². The number of hydroxylamine groups is 1. The molecule has 1 saturated heterocycles. The third-order valence-corrected chi connectivity index (χ3v) is 3.65. The van der Waals surface area contributed by atoms with Crippen LogP contribution in [0.2, 0.25) is 0 Å². The van der Waals surface area contributed by atoms with Crippen LogP contribution in [-0.2, 0) is 16.3 Å². The van der Waals surface area contributed by atoms with E-state index < -0.39 is 0 Å².